The van der Waals surface area contributed by atoms with Crippen molar-refractivity contribution in [2.45, 2.75) is 52.7 Å². The summed E-state index contributed by atoms with van der Waals surface area (Å²) >= 11 is 0. The Labute approximate surface area is 124 Å². The normalized spacial score (nSPS) is 13.8. The maximum atomic E-state index is 12.2. The number of aromatic nitrogens is 1. The van der Waals surface area contributed by atoms with E-state index in [0.717, 1.165) is 0 Å². The first-order valence-corrected chi connectivity index (χ1v) is 7.07. The van der Waals surface area contributed by atoms with Crippen LogP contribution in [0.15, 0.2) is 10.6 Å². The molecular weight excluding hydrogens is 274 g/mol. The van der Waals surface area contributed by atoms with Gasteiger partial charge in [0.25, 0.3) is 0 Å². The van der Waals surface area contributed by atoms with Gasteiger partial charge in [0.2, 0.25) is 11.8 Å². The molecule has 7 heteroatoms. The topological polar surface area (TPSA) is 104 Å². The van der Waals surface area contributed by atoms with E-state index in [2.05, 4.69) is 15.8 Å². The summed E-state index contributed by atoms with van der Waals surface area (Å²) in [5.41, 5.74) is 0. The third kappa shape index (κ3) is 5.18. The summed E-state index contributed by atoms with van der Waals surface area (Å²) < 4.78 is 4.86. The Morgan fingerprint density at radius 3 is 2.52 bits per heavy atom. The number of hydrogen-bond acceptors (Lipinski definition) is 5. The van der Waals surface area contributed by atoms with Crippen LogP contribution in [0, 0.1) is 12.8 Å². The largest absolute Gasteiger partial charge is 0.383 e. The number of aliphatic hydroxyl groups excluding tert-OH is 1. The minimum atomic E-state index is -1.13. The van der Waals surface area contributed by atoms with Crippen LogP contribution in [0.25, 0.3) is 0 Å². The molecule has 1 aromatic rings. The van der Waals surface area contributed by atoms with E-state index in [9.17, 15) is 14.7 Å². The monoisotopic (exact) mass is 297 g/mol. The molecular formula is C14H23N3O4. The molecule has 3 N–H and O–H groups in total. The molecule has 0 saturated carbocycles. The molecule has 0 aliphatic carbocycles. The van der Waals surface area contributed by atoms with Crippen LogP contribution in [0.1, 0.15) is 39.4 Å². The molecule has 2 amide bonds. The van der Waals surface area contributed by atoms with Gasteiger partial charge in [-0.3, -0.25) is 9.59 Å². The summed E-state index contributed by atoms with van der Waals surface area (Å²) in [6.45, 7) is 7.09. The molecule has 0 fully saturated rings. The number of amides is 2. The van der Waals surface area contributed by atoms with Gasteiger partial charge in [0.15, 0.2) is 5.82 Å². The number of nitrogens with one attached hydrogen (secondary N) is 2. The number of hydrogen-bond donors (Lipinski definition) is 3. The molecule has 2 unspecified atom stereocenters. The van der Waals surface area contributed by atoms with Gasteiger partial charge in [-0.1, -0.05) is 32.3 Å². The van der Waals surface area contributed by atoms with Gasteiger partial charge in [-0.05, 0) is 19.3 Å². The fourth-order valence-corrected chi connectivity index (χ4v) is 1.76. The average molecular weight is 297 g/mol. The molecule has 0 bridgehead atoms. The van der Waals surface area contributed by atoms with Gasteiger partial charge >= 0.3 is 0 Å². The van der Waals surface area contributed by atoms with Crippen molar-refractivity contribution in [3.63, 3.8) is 0 Å². The smallest absolute Gasteiger partial charge is 0.249 e. The highest BCUT2D eigenvalue weighted by atomic mass is 16.5. The zero-order chi connectivity index (χ0) is 16.0. The lowest BCUT2D eigenvalue weighted by molar-refractivity contribution is -0.134. The lowest BCUT2D eigenvalue weighted by Crippen LogP contribution is -2.48. The maximum Gasteiger partial charge on any atom is 0.249 e. The molecule has 0 radical (unpaired) electrons. The molecule has 118 valence electrons. The maximum absolute atomic E-state index is 12.2. The van der Waals surface area contributed by atoms with E-state index >= 15 is 0 Å². The van der Waals surface area contributed by atoms with E-state index in [4.69, 9.17) is 4.52 Å². The predicted octanol–water partition coefficient (Wildman–Crippen LogP) is 1.22. The van der Waals surface area contributed by atoms with Crippen LogP contribution in [0.2, 0.25) is 0 Å². The van der Waals surface area contributed by atoms with Gasteiger partial charge in [-0.25, -0.2) is 0 Å². The van der Waals surface area contributed by atoms with Crippen molar-refractivity contribution in [3.05, 3.63) is 11.8 Å². The average Bonchev–Trinajstić information content (AvgIpc) is 2.82. The zero-order valence-electron chi connectivity index (χ0n) is 12.8. The Balaban J connectivity index is 2.67. The highest BCUT2D eigenvalue weighted by molar-refractivity contribution is 5.97. The van der Waals surface area contributed by atoms with Gasteiger partial charge in [0, 0.05) is 6.07 Å². The molecule has 1 heterocycles. The fourth-order valence-electron chi connectivity index (χ4n) is 1.76. The number of carbonyl (C=O) groups excluding carboxylic acids is 2. The van der Waals surface area contributed by atoms with Crippen LogP contribution in [-0.2, 0) is 9.59 Å². The SMILES string of the molecule is CCCC(NC(=O)C(O)C(C)C)C(=O)Nc1cc(C)on1. The molecule has 0 saturated heterocycles. The summed E-state index contributed by atoms with van der Waals surface area (Å²) in [4.78, 5) is 24.0. The molecule has 1 rings (SSSR count). The number of anilines is 1. The highest BCUT2D eigenvalue weighted by Crippen LogP contribution is 2.09. The van der Waals surface area contributed by atoms with Crippen LogP contribution in [-0.4, -0.2) is 34.2 Å². The molecule has 1 aromatic heterocycles. The van der Waals surface area contributed by atoms with E-state index in [-0.39, 0.29) is 11.8 Å². The van der Waals surface area contributed by atoms with Crippen molar-refractivity contribution in [1.82, 2.24) is 10.5 Å². The summed E-state index contributed by atoms with van der Waals surface area (Å²) in [7, 11) is 0. The molecule has 0 aliphatic heterocycles. The second kappa shape index (κ2) is 7.78. The first kappa shape index (κ1) is 17.2. The molecule has 2 atom stereocenters. The molecule has 0 aromatic carbocycles. The number of carbonyl (C=O) groups is 2. The Kier molecular flexibility index (Phi) is 6.36. The minimum absolute atomic E-state index is 0.214. The Hall–Kier alpha value is -1.89. The standard InChI is InChI=1S/C14H23N3O4/c1-5-6-10(15-14(20)12(18)8(2)3)13(19)16-11-7-9(4)21-17-11/h7-8,10,12,18H,5-6H2,1-4H3,(H,15,20)(H,16,17,19). The van der Waals surface area contributed by atoms with Crippen LogP contribution in [0.5, 0.6) is 0 Å². The number of aliphatic hydroxyl groups is 1. The van der Waals surface area contributed by atoms with Gasteiger partial charge in [0.05, 0.1) is 0 Å². The lowest BCUT2D eigenvalue weighted by Gasteiger charge is -2.20. The number of aryl methyl sites for hydroxylation is 1. The minimum Gasteiger partial charge on any atom is -0.383 e. The lowest BCUT2D eigenvalue weighted by atomic mass is 10.1. The first-order valence-electron chi connectivity index (χ1n) is 7.07. The predicted molar refractivity (Wildman–Crippen MR) is 77.6 cm³/mol. The van der Waals surface area contributed by atoms with Crippen molar-refractivity contribution in [2.24, 2.45) is 5.92 Å². The first-order chi connectivity index (χ1) is 9.85. The third-order valence-electron chi connectivity index (χ3n) is 2.99. The quantitative estimate of drug-likeness (QED) is 0.702. The van der Waals surface area contributed by atoms with Crippen molar-refractivity contribution in [1.29, 1.82) is 0 Å². The summed E-state index contributed by atoms with van der Waals surface area (Å²) in [5.74, 6) is -0.258. The van der Waals surface area contributed by atoms with Crippen LogP contribution >= 0.6 is 0 Å². The van der Waals surface area contributed by atoms with E-state index in [1.54, 1.807) is 26.8 Å². The molecule has 7 nitrogen and oxygen atoms in total. The third-order valence-corrected chi connectivity index (χ3v) is 2.99. The van der Waals surface area contributed by atoms with Crippen molar-refractivity contribution in [3.8, 4) is 0 Å². The Bertz CT molecular complexity index is 484. The van der Waals surface area contributed by atoms with Crippen molar-refractivity contribution >= 4 is 17.6 Å². The fraction of sp³-hybridized carbons (Fsp3) is 0.643. The molecule has 0 spiro atoms. The van der Waals surface area contributed by atoms with Crippen molar-refractivity contribution in [2.75, 3.05) is 5.32 Å². The van der Waals surface area contributed by atoms with E-state index in [1.807, 2.05) is 6.92 Å². The summed E-state index contributed by atoms with van der Waals surface area (Å²) in [6.07, 6.45) is 0.0548. The molecule has 0 aliphatic rings. The highest BCUT2D eigenvalue weighted by Gasteiger charge is 2.25. The zero-order valence-corrected chi connectivity index (χ0v) is 12.8. The summed E-state index contributed by atoms with van der Waals surface area (Å²) in [5, 5.41) is 18.5. The number of nitrogens with zero attached hydrogens (tertiary/aromatic N) is 1. The van der Waals surface area contributed by atoms with Crippen LogP contribution in [0.4, 0.5) is 5.82 Å². The van der Waals surface area contributed by atoms with E-state index in [1.165, 1.54) is 0 Å². The second-order valence-corrected chi connectivity index (χ2v) is 5.35. The van der Waals surface area contributed by atoms with Gasteiger partial charge in [0.1, 0.15) is 17.9 Å². The number of rotatable bonds is 7. The summed E-state index contributed by atoms with van der Waals surface area (Å²) in [6, 6.07) is 0.874. The second-order valence-electron chi connectivity index (χ2n) is 5.35. The Morgan fingerprint density at radius 2 is 2.05 bits per heavy atom. The van der Waals surface area contributed by atoms with Crippen LogP contribution in [0.3, 0.4) is 0 Å². The van der Waals surface area contributed by atoms with E-state index < -0.39 is 18.1 Å². The van der Waals surface area contributed by atoms with Crippen LogP contribution < -0.4 is 10.6 Å². The Morgan fingerprint density at radius 1 is 1.38 bits per heavy atom. The van der Waals surface area contributed by atoms with Gasteiger partial charge < -0.3 is 20.3 Å². The van der Waals surface area contributed by atoms with Gasteiger partial charge in [-0.15, -0.1) is 0 Å². The van der Waals surface area contributed by atoms with E-state index in [0.29, 0.717) is 24.4 Å². The molecule has 21 heavy (non-hydrogen) atoms. The van der Waals surface area contributed by atoms with Gasteiger partial charge in [-0.2, -0.15) is 0 Å². The van der Waals surface area contributed by atoms with Crippen molar-refractivity contribution < 1.29 is 19.2 Å².